The van der Waals surface area contributed by atoms with Gasteiger partial charge in [-0.3, -0.25) is 14.8 Å². The predicted octanol–water partition coefficient (Wildman–Crippen LogP) is 5.10. The number of nitrogens with one attached hydrogen (secondary N) is 1. The monoisotopic (exact) mass is 647 g/mol. The van der Waals surface area contributed by atoms with E-state index in [0.29, 0.717) is 54.8 Å². The normalized spacial score (nSPS) is 20.8. The number of rotatable bonds is 8. The highest BCUT2D eigenvalue weighted by Crippen LogP contribution is 2.37. The van der Waals surface area contributed by atoms with E-state index in [1.807, 2.05) is 41.5 Å². The van der Waals surface area contributed by atoms with Crippen molar-refractivity contribution >= 4 is 46.5 Å². The highest BCUT2D eigenvalue weighted by Gasteiger charge is 2.42. The Kier molecular flexibility index (Phi) is 8.85. The van der Waals surface area contributed by atoms with E-state index in [2.05, 4.69) is 21.3 Å². The Morgan fingerprint density at radius 1 is 1.24 bits per heavy atom. The number of hydrogen-bond donors (Lipinski definition) is 1. The second-order valence-electron chi connectivity index (χ2n) is 11.0. The number of urea groups is 1. The molecular weight excluding hydrogens is 617 g/mol. The van der Waals surface area contributed by atoms with E-state index in [4.69, 9.17) is 21.3 Å². The van der Waals surface area contributed by atoms with Crippen LogP contribution in [0.25, 0.3) is 0 Å². The number of amidine groups is 1. The van der Waals surface area contributed by atoms with E-state index in [0.717, 1.165) is 17.7 Å². The van der Waals surface area contributed by atoms with Gasteiger partial charge in [0.1, 0.15) is 11.9 Å². The number of amides is 2. The van der Waals surface area contributed by atoms with Crippen molar-refractivity contribution in [3.63, 3.8) is 0 Å². The van der Waals surface area contributed by atoms with Crippen LogP contribution in [0.3, 0.4) is 0 Å². The number of halogens is 2. The first-order valence-electron chi connectivity index (χ1n) is 14.6. The van der Waals surface area contributed by atoms with Crippen LogP contribution < -0.4 is 10.2 Å². The van der Waals surface area contributed by atoms with Crippen molar-refractivity contribution < 1.29 is 18.7 Å². The van der Waals surface area contributed by atoms with Crippen LogP contribution in [-0.2, 0) is 9.53 Å². The number of anilines is 1. The van der Waals surface area contributed by atoms with Gasteiger partial charge < -0.3 is 15.0 Å². The Morgan fingerprint density at radius 3 is 2.71 bits per heavy atom. The minimum Gasteiger partial charge on any atom is -0.466 e. The summed E-state index contributed by atoms with van der Waals surface area (Å²) in [5.41, 5.74) is 3.07. The summed E-state index contributed by atoms with van der Waals surface area (Å²) in [5, 5.41) is 15.4. The van der Waals surface area contributed by atoms with E-state index in [9.17, 15) is 19.2 Å². The molecule has 13 heteroatoms. The van der Waals surface area contributed by atoms with Gasteiger partial charge in [0.15, 0.2) is 10.8 Å². The summed E-state index contributed by atoms with van der Waals surface area (Å²) in [5.74, 6) is -0.766. The molecule has 0 spiro atoms. The van der Waals surface area contributed by atoms with Crippen molar-refractivity contribution in [2.45, 2.75) is 31.3 Å². The van der Waals surface area contributed by atoms with Crippen LogP contribution in [0, 0.1) is 17.1 Å². The lowest BCUT2D eigenvalue weighted by Crippen LogP contribution is -2.53. The second-order valence-corrected chi connectivity index (χ2v) is 12.4. The number of methoxy groups -OCH3 is 1. The van der Waals surface area contributed by atoms with Gasteiger partial charge in [-0.05, 0) is 36.2 Å². The lowest BCUT2D eigenvalue weighted by atomic mass is 9.95. The van der Waals surface area contributed by atoms with Crippen LogP contribution in [0.15, 0.2) is 70.3 Å². The van der Waals surface area contributed by atoms with Crippen molar-refractivity contribution in [3.8, 4) is 6.07 Å². The van der Waals surface area contributed by atoms with E-state index in [1.165, 1.54) is 36.6 Å². The molecule has 3 aromatic rings. The van der Waals surface area contributed by atoms with Crippen LogP contribution >= 0.6 is 22.9 Å². The first kappa shape index (κ1) is 30.7. The molecule has 2 aromatic carbocycles. The minimum atomic E-state index is -0.846. The second kappa shape index (κ2) is 13.0. The van der Waals surface area contributed by atoms with Gasteiger partial charge >= 0.3 is 12.0 Å². The molecule has 0 radical (unpaired) electrons. The van der Waals surface area contributed by atoms with Crippen LogP contribution in [0.4, 0.5) is 14.9 Å². The van der Waals surface area contributed by atoms with Crippen LogP contribution in [-0.4, -0.2) is 78.5 Å². The van der Waals surface area contributed by atoms with Crippen molar-refractivity contribution in [2.24, 2.45) is 4.99 Å². The first-order chi connectivity index (χ1) is 21.8. The summed E-state index contributed by atoms with van der Waals surface area (Å²) >= 11 is 7.88. The molecule has 6 rings (SSSR count). The fourth-order valence-corrected chi connectivity index (χ4v) is 6.97. The molecule has 1 aromatic heterocycles. The average Bonchev–Trinajstić information content (AvgIpc) is 3.70. The molecule has 0 saturated carbocycles. The molecular formula is C32H31ClFN7O3S. The standard InChI is InChI=1S/C32H31ClFN7O3S/c1-3-19(15-35)20-4-7-22(8-5-20)41-17-23-16-39(11-12-40(23)32(41)43)18-26-27(31(42)44-2)28(24-9-6-21(34)14-25(24)33)38-29(37-26)30-36-10-13-45-30/h4-10,13-14,19,23,28H,3,11-12,16-18H2,1-2H3,(H,37,38). The maximum Gasteiger partial charge on any atom is 0.338 e. The van der Waals surface area contributed by atoms with Gasteiger partial charge in [0.05, 0.1) is 30.7 Å². The number of nitrogens with zero attached hydrogens (tertiary/aromatic N) is 6. The number of nitriles is 1. The number of benzene rings is 2. The van der Waals surface area contributed by atoms with Crippen molar-refractivity contribution in [3.05, 3.63) is 92.3 Å². The summed E-state index contributed by atoms with van der Waals surface area (Å²) in [6.07, 6.45) is 2.40. The number of aliphatic imine (C=N–C) groups is 1. The summed E-state index contributed by atoms with van der Waals surface area (Å²) < 4.78 is 19.2. The molecule has 3 unspecified atom stereocenters. The molecule has 2 fully saturated rings. The molecule has 4 heterocycles. The number of ether oxygens (including phenoxy) is 1. The summed E-state index contributed by atoms with van der Waals surface area (Å²) in [6.45, 7) is 4.53. The smallest absolute Gasteiger partial charge is 0.338 e. The Bertz CT molecular complexity index is 1710. The van der Waals surface area contributed by atoms with Crippen molar-refractivity contribution in [1.82, 2.24) is 20.1 Å². The minimum absolute atomic E-state index is 0.0470. The number of carbonyl (C=O) groups excluding carboxylic acids is 2. The van der Waals surface area contributed by atoms with Crippen LogP contribution in [0.1, 0.15) is 41.4 Å². The number of aromatic nitrogens is 1. The van der Waals surface area contributed by atoms with Crippen LogP contribution in [0.2, 0.25) is 5.02 Å². The molecule has 45 heavy (non-hydrogen) atoms. The van der Waals surface area contributed by atoms with Crippen molar-refractivity contribution in [2.75, 3.05) is 44.7 Å². The molecule has 0 bridgehead atoms. The zero-order valence-electron chi connectivity index (χ0n) is 24.7. The summed E-state index contributed by atoms with van der Waals surface area (Å²) in [7, 11) is 1.31. The number of hydrogen-bond acceptors (Lipinski definition) is 9. The highest BCUT2D eigenvalue weighted by molar-refractivity contribution is 7.11. The molecule has 3 aliphatic rings. The average molecular weight is 648 g/mol. The maximum atomic E-state index is 14.0. The number of fused-ring (bicyclic) bond motifs is 1. The van der Waals surface area contributed by atoms with E-state index in [1.54, 1.807) is 11.1 Å². The number of carbonyl (C=O) groups is 2. The molecule has 3 atom stereocenters. The van der Waals surface area contributed by atoms with Gasteiger partial charge in [0.2, 0.25) is 0 Å². The van der Waals surface area contributed by atoms with Gasteiger partial charge in [-0.15, -0.1) is 11.3 Å². The Hall–Kier alpha value is -4.31. The lowest BCUT2D eigenvalue weighted by Gasteiger charge is -2.38. The number of piperazine rings is 1. The zero-order valence-corrected chi connectivity index (χ0v) is 26.3. The molecule has 1 N–H and O–H groups in total. The maximum absolute atomic E-state index is 14.0. The van der Waals surface area contributed by atoms with E-state index < -0.39 is 17.8 Å². The fraction of sp³-hybridized carbons (Fsp3) is 0.344. The Morgan fingerprint density at radius 2 is 2.04 bits per heavy atom. The molecule has 0 aliphatic carbocycles. The third-order valence-electron chi connectivity index (χ3n) is 8.41. The Balaban J connectivity index is 1.26. The van der Waals surface area contributed by atoms with Crippen molar-refractivity contribution in [1.29, 1.82) is 5.26 Å². The topological polar surface area (TPSA) is 114 Å². The van der Waals surface area contributed by atoms with Gasteiger partial charge in [0.25, 0.3) is 0 Å². The SMILES string of the molecule is CCC(C#N)c1ccc(N2CC3CN(CC4=C(C(=O)OC)C(c5ccc(F)cc5Cl)N=C(c5nccs5)N4)CCN3C2=O)cc1. The summed E-state index contributed by atoms with van der Waals surface area (Å²) in [6, 6.07) is 13.0. The van der Waals surface area contributed by atoms with Gasteiger partial charge in [-0.1, -0.05) is 36.7 Å². The zero-order chi connectivity index (χ0) is 31.7. The van der Waals surface area contributed by atoms with E-state index in [-0.39, 0.29) is 28.6 Å². The predicted molar refractivity (Wildman–Crippen MR) is 170 cm³/mol. The molecule has 2 amide bonds. The molecule has 3 aliphatic heterocycles. The lowest BCUT2D eigenvalue weighted by molar-refractivity contribution is -0.136. The number of esters is 1. The van der Waals surface area contributed by atoms with Gasteiger partial charge in [0, 0.05) is 66.3 Å². The molecule has 2 saturated heterocycles. The third kappa shape index (κ3) is 6.03. The molecule has 232 valence electrons. The third-order valence-corrected chi connectivity index (χ3v) is 9.52. The Labute approximate surface area is 269 Å². The fourth-order valence-electron chi connectivity index (χ4n) is 6.11. The summed E-state index contributed by atoms with van der Waals surface area (Å²) in [4.78, 5) is 41.8. The highest BCUT2D eigenvalue weighted by atomic mass is 35.5. The molecule has 10 nitrogen and oxygen atoms in total. The quantitative estimate of drug-likeness (QED) is 0.339. The number of thiazole rings is 1. The first-order valence-corrected chi connectivity index (χ1v) is 15.9. The van der Waals surface area contributed by atoms with Gasteiger partial charge in [-0.2, -0.15) is 5.26 Å². The van der Waals surface area contributed by atoms with E-state index >= 15 is 0 Å². The largest absolute Gasteiger partial charge is 0.466 e. The van der Waals surface area contributed by atoms with Crippen LogP contribution in [0.5, 0.6) is 0 Å². The van der Waals surface area contributed by atoms with Gasteiger partial charge in [-0.25, -0.2) is 19.0 Å².